The van der Waals surface area contributed by atoms with Crippen LogP contribution in [0.3, 0.4) is 0 Å². The molecular formula is C9H14. The van der Waals surface area contributed by atoms with E-state index in [1.807, 2.05) is 0 Å². The van der Waals surface area contributed by atoms with E-state index in [0.717, 1.165) is 5.92 Å². The van der Waals surface area contributed by atoms with E-state index in [1.165, 1.54) is 18.4 Å². The van der Waals surface area contributed by atoms with Gasteiger partial charge in [-0.3, -0.25) is 0 Å². The molecule has 0 nitrogen and oxygen atoms in total. The van der Waals surface area contributed by atoms with Crippen molar-refractivity contribution < 1.29 is 0 Å². The molecule has 0 N–H and O–H groups in total. The molecule has 0 saturated carbocycles. The minimum atomic E-state index is 0.846. The Hall–Kier alpha value is -0.520. The summed E-state index contributed by atoms with van der Waals surface area (Å²) in [7, 11) is 0. The predicted octanol–water partition coefficient (Wildman–Crippen LogP) is 2.92. The lowest BCUT2D eigenvalue weighted by Crippen LogP contribution is -1.86. The Balaban J connectivity index is 2.58. The van der Waals surface area contributed by atoms with E-state index in [9.17, 15) is 0 Å². The summed E-state index contributed by atoms with van der Waals surface area (Å²) in [5, 5.41) is 0. The third-order valence-electron chi connectivity index (χ3n) is 1.76. The van der Waals surface area contributed by atoms with E-state index in [1.54, 1.807) is 0 Å². The fourth-order valence-corrected chi connectivity index (χ4v) is 1.04. The average Bonchev–Trinajstić information content (AvgIpc) is 1.97. The molecule has 0 aromatic carbocycles. The van der Waals surface area contributed by atoms with Crippen LogP contribution in [0.15, 0.2) is 23.8 Å². The molecule has 0 heteroatoms. The molecule has 0 spiro atoms. The summed E-state index contributed by atoms with van der Waals surface area (Å²) in [4.78, 5) is 0. The van der Waals surface area contributed by atoms with Gasteiger partial charge in [0.2, 0.25) is 0 Å². The molecule has 1 aliphatic rings. The molecule has 1 rings (SSSR count). The van der Waals surface area contributed by atoms with Gasteiger partial charge in [-0.15, -0.1) is 0 Å². The number of hydrogen-bond acceptors (Lipinski definition) is 0. The zero-order chi connectivity index (χ0) is 6.69. The maximum absolute atomic E-state index is 2.31. The van der Waals surface area contributed by atoms with E-state index in [-0.39, 0.29) is 0 Å². The maximum atomic E-state index is 2.31. The monoisotopic (exact) mass is 122 g/mol. The topological polar surface area (TPSA) is 0 Å². The molecule has 1 aliphatic carbocycles. The largest absolute Gasteiger partial charge is 0.0840 e. The van der Waals surface area contributed by atoms with Crippen LogP contribution in [0.2, 0.25) is 0 Å². The first-order chi connectivity index (χ1) is 4.29. The number of rotatable bonds is 0. The van der Waals surface area contributed by atoms with Crippen molar-refractivity contribution in [3.8, 4) is 0 Å². The lowest BCUT2D eigenvalue weighted by Gasteiger charge is -2.00. The van der Waals surface area contributed by atoms with E-state index in [2.05, 4.69) is 32.1 Å². The highest BCUT2D eigenvalue weighted by molar-refractivity contribution is 5.17. The summed E-state index contributed by atoms with van der Waals surface area (Å²) in [5.41, 5.74) is 1.42. The minimum Gasteiger partial charge on any atom is -0.0840 e. The Morgan fingerprint density at radius 2 is 2.22 bits per heavy atom. The van der Waals surface area contributed by atoms with Gasteiger partial charge in [0.15, 0.2) is 0 Å². The first kappa shape index (κ1) is 6.60. The van der Waals surface area contributed by atoms with Gasteiger partial charge in [-0.2, -0.15) is 0 Å². The van der Waals surface area contributed by atoms with E-state index < -0.39 is 0 Å². The number of hydrogen-bond donors (Lipinski definition) is 0. The first-order valence-corrected chi connectivity index (χ1v) is 3.62. The van der Waals surface area contributed by atoms with Crippen LogP contribution >= 0.6 is 0 Å². The summed E-state index contributed by atoms with van der Waals surface area (Å²) in [6, 6.07) is 0. The molecule has 0 aromatic rings. The van der Waals surface area contributed by atoms with Gasteiger partial charge < -0.3 is 0 Å². The highest BCUT2D eigenvalue weighted by atomic mass is 14.0. The fraction of sp³-hybridized carbons (Fsp3) is 0.556. The van der Waals surface area contributed by atoms with Gasteiger partial charge in [-0.25, -0.2) is 0 Å². The van der Waals surface area contributed by atoms with Crippen LogP contribution < -0.4 is 0 Å². The summed E-state index contributed by atoms with van der Waals surface area (Å²) >= 11 is 0. The van der Waals surface area contributed by atoms with Gasteiger partial charge in [0.25, 0.3) is 0 Å². The Morgan fingerprint density at radius 1 is 1.44 bits per heavy atom. The summed E-state index contributed by atoms with van der Waals surface area (Å²) in [6.45, 7) is 4.45. The summed E-state index contributed by atoms with van der Waals surface area (Å²) in [6.07, 6.45) is 9.29. The highest BCUT2D eigenvalue weighted by Gasteiger charge is 1.99. The van der Waals surface area contributed by atoms with Crippen molar-refractivity contribution in [1.82, 2.24) is 0 Å². The molecule has 0 radical (unpaired) electrons. The molecule has 0 fully saturated rings. The average molecular weight is 122 g/mol. The molecule has 50 valence electrons. The van der Waals surface area contributed by atoms with Crippen LogP contribution in [0.25, 0.3) is 0 Å². The highest BCUT2D eigenvalue weighted by Crippen LogP contribution is 2.15. The number of allylic oxidation sites excluding steroid dienone is 4. The van der Waals surface area contributed by atoms with Crippen molar-refractivity contribution in [3.05, 3.63) is 23.8 Å². The predicted molar refractivity (Wildman–Crippen MR) is 41.3 cm³/mol. The van der Waals surface area contributed by atoms with Crippen LogP contribution in [0, 0.1) is 5.92 Å². The normalized spacial score (nSPS) is 27.3. The van der Waals surface area contributed by atoms with Crippen molar-refractivity contribution >= 4 is 0 Å². The molecule has 0 aromatic heterocycles. The Morgan fingerprint density at radius 3 is 3.00 bits per heavy atom. The zero-order valence-electron chi connectivity index (χ0n) is 6.22. The molecule has 0 bridgehead atoms. The van der Waals surface area contributed by atoms with Gasteiger partial charge in [-0.1, -0.05) is 30.7 Å². The van der Waals surface area contributed by atoms with E-state index in [4.69, 9.17) is 0 Å². The maximum Gasteiger partial charge on any atom is -0.0316 e. The second-order valence-corrected chi connectivity index (χ2v) is 2.93. The quantitative estimate of drug-likeness (QED) is 0.463. The first-order valence-electron chi connectivity index (χ1n) is 3.62. The van der Waals surface area contributed by atoms with Crippen LogP contribution in [-0.4, -0.2) is 0 Å². The van der Waals surface area contributed by atoms with Crippen molar-refractivity contribution in [1.29, 1.82) is 0 Å². The summed E-state index contributed by atoms with van der Waals surface area (Å²) < 4.78 is 0. The van der Waals surface area contributed by atoms with E-state index in [0.29, 0.717) is 0 Å². The SMILES string of the molecule is CC1=CC[C@@H](C)CC=C1. The zero-order valence-corrected chi connectivity index (χ0v) is 6.22. The molecule has 1 atom stereocenters. The van der Waals surface area contributed by atoms with Gasteiger partial charge in [0.05, 0.1) is 0 Å². The molecule has 0 heterocycles. The van der Waals surface area contributed by atoms with E-state index >= 15 is 0 Å². The van der Waals surface area contributed by atoms with Gasteiger partial charge in [-0.05, 0) is 25.7 Å². The molecule has 0 amide bonds. The lowest BCUT2D eigenvalue weighted by atomic mass is 10.1. The molecule has 0 aliphatic heterocycles. The third-order valence-corrected chi connectivity index (χ3v) is 1.76. The Bertz CT molecular complexity index is 140. The van der Waals surface area contributed by atoms with Crippen LogP contribution in [0.4, 0.5) is 0 Å². The van der Waals surface area contributed by atoms with Crippen LogP contribution in [0.1, 0.15) is 26.7 Å². The molecule has 0 saturated heterocycles. The van der Waals surface area contributed by atoms with Crippen molar-refractivity contribution in [2.24, 2.45) is 5.92 Å². The molecular weight excluding hydrogens is 108 g/mol. The minimum absolute atomic E-state index is 0.846. The Labute approximate surface area is 57.3 Å². The Kier molecular flexibility index (Phi) is 2.10. The second kappa shape index (κ2) is 2.86. The molecule has 9 heavy (non-hydrogen) atoms. The fourth-order valence-electron chi connectivity index (χ4n) is 1.04. The standard InChI is InChI=1S/C9H14/c1-8-4-3-5-9(2)7-6-8/h3-4,6,9H,5,7H2,1-2H3/t9-/m0/s1. The third kappa shape index (κ3) is 2.05. The van der Waals surface area contributed by atoms with Crippen molar-refractivity contribution in [2.75, 3.05) is 0 Å². The molecule has 0 unspecified atom stereocenters. The lowest BCUT2D eigenvalue weighted by molar-refractivity contribution is 0.606. The van der Waals surface area contributed by atoms with Gasteiger partial charge >= 0.3 is 0 Å². The summed E-state index contributed by atoms with van der Waals surface area (Å²) in [5.74, 6) is 0.846. The van der Waals surface area contributed by atoms with Crippen LogP contribution in [-0.2, 0) is 0 Å². The van der Waals surface area contributed by atoms with Gasteiger partial charge in [0, 0.05) is 0 Å². The van der Waals surface area contributed by atoms with Crippen LogP contribution in [0.5, 0.6) is 0 Å². The van der Waals surface area contributed by atoms with Gasteiger partial charge in [0.1, 0.15) is 0 Å². The second-order valence-electron chi connectivity index (χ2n) is 2.93. The van der Waals surface area contributed by atoms with Crippen molar-refractivity contribution in [2.45, 2.75) is 26.7 Å². The smallest absolute Gasteiger partial charge is 0.0316 e. The van der Waals surface area contributed by atoms with Crippen molar-refractivity contribution in [3.63, 3.8) is 0 Å².